The number of rotatable bonds is 0. The van der Waals surface area contributed by atoms with Gasteiger partial charge in [0.1, 0.15) is 0 Å². The van der Waals surface area contributed by atoms with Gasteiger partial charge in [-0.25, -0.2) is 0 Å². The molecule has 1 unspecified atom stereocenters. The smallest absolute Gasteiger partial charge is 0.0773 e. The lowest BCUT2D eigenvalue weighted by Crippen LogP contribution is -2.55. The van der Waals surface area contributed by atoms with Crippen LogP contribution in [0.1, 0.15) is 33.6 Å². The molecule has 2 nitrogen and oxygen atoms in total. The molecule has 2 aliphatic heterocycles. The second-order valence-electron chi connectivity index (χ2n) is 3.39. The van der Waals surface area contributed by atoms with E-state index in [1.54, 1.807) is 0 Å². The molecular weight excluding hydrogens is 152 g/mol. The van der Waals surface area contributed by atoms with Crippen LogP contribution in [0, 0.1) is 5.92 Å². The van der Waals surface area contributed by atoms with Gasteiger partial charge < -0.3 is 9.47 Å². The molecule has 2 aliphatic rings. The number of ether oxygens (including phenoxy) is 2. The lowest BCUT2D eigenvalue weighted by Gasteiger charge is -2.50. The van der Waals surface area contributed by atoms with Crippen molar-refractivity contribution in [3.05, 3.63) is 0 Å². The fourth-order valence-electron chi connectivity index (χ4n) is 1.84. The van der Waals surface area contributed by atoms with E-state index in [2.05, 4.69) is 6.92 Å². The largest absolute Gasteiger partial charge is 0.381 e. The van der Waals surface area contributed by atoms with Crippen LogP contribution in [-0.4, -0.2) is 25.4 Å². The highest BCUT2D eigenvalue weighted by atomic mass is 16.5. The van der Waals surface area contributed by atoms with Crippen LogP contribution in [0.3, 0.4) is 0 Å². The normalized spacial score (nSPS) is 31.8. The summed E-state index contributed by atoms with van der Waals surface area (Å²) in [4.78, 5) is 0. The Morgan fingerprint density at radius 2 is 1.75 bits per heavy atom. The zero-order chi connectivity index (χ0) is 9.03. The van der Waals surface area contributed by atoms with Crippen LogP contribution < -0.4 is 0 Å². The van der Waals surface area contributed by atoms with Crippen LogP contribution in [-0.2, 0) is 9.47 Å². The van der Waals surface area contributed by atoms with E-state index in [1.165, 1.54) is 0 Å². The van der Waals surface area contributed by atoms with Crippen LogP contribution in [0.2, 0.25) is 0 Å². The van der Waals surface area contributed by atoms with Crippen molar-refractivity contribution in [1.82, 2.24) is 0 Å². The highest BCUT2D eigenvalue weighted by Gasteiger charge is 2.46. The molecule has 2 rings (SSSR count). The minimum absolute atomic E-state index is 0.234. The Kier molecular flexibility index (Phi) is 3.53. The summed E-state index contributed by atoms with van der Waals surface area (Å²) in [6.45, 7) is 9.02. The quantitative estimate of drug-likeness (QED) is 0.558. The summed E-state index contributed by atoms with van der Waals surface area (Å²) < 4.78 is 10.9. The molecule has 0 saturated carbocycles. The predicted octanol–water partition coefficient (Wildman–Crippen LogP) is 2.23. The van der Waals surface area contributed by atoms with Crippen molar-refractivity contribution in [3.8, 4) is 0 Å². The van der Waals surface area contributed by atoms with E-state index in [9.17, 15) is 0 Å². The molecule has 0 N–H and O–H groups in total. The number of hydrogen-bond acceptors (Lipinski definition) is 2. The lowest BCUT2D eigenvalue weighted by molar-refractivity contribution is -0.231. The summed E-state index contributed by atoms with van der Waals surface area (Å²) in [5.74, 6) is 0.761. The standard InChI is InChI=1S/C8H14O2.C2H6/c1-7-6-10-8(7)2-4-9-5-3-8;1-2/h7H,2-6H2,1H3;1-2H3. The zero-order valence-electron chi connectivity index (χ0n) is 8.43. The molecule has 2 heterocycles. The van der Waals surface area contributed by atoms with Gasteiger partial charge in [0.15, 0.2) is 0 Å². The fraction of sp³-hybridized carbons (Fsp3) is 1.00. The monoisotopic (exact) mass is 172 g/mol. The summed E-state index contributed by atoms with van der Waals surface area (Å²) in [5, 5.41) is 0. The SMILES string of the molecule is CC.CC1COC12CCOCC2. The van der Waals surface area contributed by atoms with Gasteiger partial charge in [0, 0.05) is 32.0 Å². The maximum atomic E-state index is 5.59. The van der Waals surface area contributed by atoms with Gasteiger partial charge in [0.05, 0.1) is 12.2 Å². The summed E-state index contributed by atoms with van der Waals surface area (Å²) in [7, 11) is 0. The summed E-state index contributed by atoms with van der Waals surface area (Å²) in [6, 6.07) is 0. The summed E-state index contributed by atoms with van der Waals surface area (Å²) >= 11 is 0. The molecular formula is C10H20O2. The molecule has 0 aromatic heterocycles. The topological polar surface area (TPSA) is 18.5 Å². The molecule has 1 atom stereocenters. The van der Waals surface area contributed by atoms with Crippen molar-refractivity contribution in [2.75, 3.05) is 19.8 Å². The van der Waals surface area contributed by atoms with Gasteiger partial charge in [-0.15, -0.1) is 0 Å². The Morgan fingerprint density at radius 1 is 1.17 bits per heavy atom. The second-order valence-corrected chi connectivity index (χ2v) is 3.39. The van der Waals surface area contributed by atoms with E-state index in [0.29, 0.717) is 0 Å². The van der Waals surface area contributed by atoms with Crippen LogP contribution in [0.15, 0.2) is 0 Å². The third kappa shape index (κ3) is 1.64. The van der Waals surface area contributed by atoms with E-state index >= 15 is 0 Å². The molecule has 2 saturated heterocycles. The maximum Gasteiger partial charge on any atom is 0.0773 e. The molecule has 0 bridgehead atoms. The molecule has 12 heavy (non-hydrogen) atoms. The summed E-state index contributed by atoms with van der Waals surface area (Å²) in [6.07, 6.45) is 2.21. The van der Waals surface area contributed by atoms with E-state index < -0.39 is 0 Å². The first-order valence-electron chi connectivity index (χ1n) is 5.05. The van der Waals surface area contributed by atoms with Crippen LogP contribution >= 0.6 is 0 Å². The van der Waals surface area contributed by atoms with Crippen molar-refractivity contribution in [2.45, 2.75) is 39.2 Å². The van der Waals surface area contributed by atoms with Gasteiger partial charge >= 0.3 is 0 Å². The molecule has 72 valence electrons. The van der Waals surface area contributed by atoms with E-state index in [4.69, 9.17) is 9.47 Å². The highest BCUT2D eigenvalue weighted by Crippen LogP contribution is 2.40. The highest BCUT2D eigenvalue weighted by molar-refractivity contribution is 4.94. The zero-order valence-corrected chi connectivity index (χ0v) is 8.43. The van der Waals surface area contributed by atoms with Crippen molar-refractivity contribution in [2.24, 2.45) is 5.92 Å². The van der Waals surface area contributed by atoms with E-state index in [-0.39, 0.29) is 5.60 Å². The van der Waals surface area contributed by atoms with Crippen molar-refractivity contribution in [3.63, 3.8) is 0 Å². The third-order valence-electron chi connectivity index (χ3n) is 2.86. The maximum absolute atomic E-state index is 5.59. The van der Waals surface area contributed by atoms with E-state index in [0.717, 1.165) is 38.6 Å². The van der Waals surface area contributed by atoms with Gasteiger partial charge in [0.25, 0.3) is 0 Å². The first kappa shape index (κ1) is 10.0. The van der Waals surface area contributed by atoms with Crippen LogP contribution in [0.25, 0.3) is 0 Å². The molecule has 0 aromatic carbocycles. The van der Waals surface area contributed by atoms with Gasteiger partial charge in [-0.2, -0.15) is 0 Å². The van der Waals surface area contributed by atoms with Gasteiger partial charge in [-0.05, 0) is 0 Å². The first-order chi connectivity index (χ1) is 5.83. The second kappa shape index (κ2) is 4.24. The average Bonchev–Trinajstić information content (AvgIpc) is 2.20. The third-order valence-corrected chi connectivity index (χ3v) is 2.86. The average molecular weight is 172 g/mol. The minimum atomic E-state index is 0.234. The Bertz CT molecular complexity index is 128. The molecule has 2 fully saturated rings. The Hall–Kier alpha value is -0.0800. The Morgan fingerprint density at radius 3 is 2.00 bits per heavy atom. The van der Waals surface area contributed by atoms with Gasteiger partial charge in [0.2, 0.25) is 0 Å². The Balaban J connectivity index is 0.000000336. The van der Waals surface area contributed by atoms with E-state index in [1.807, 2.05) is 13.8 Å². The minimum Gasteiger partial charge on any atom is -0.381 e. The first-order valence-corrected chi connectivity index (χ1v) is 5.05. The molecule has 0 aliphatic carbocycles. The molecule has 0 radical (unpaired) electrons. The van der Waals surface area contributed by atoms with Crippen LogP contribution in [0.5, 0.6) is 0 Å². The fourth-order valence-corrected chi connectivity index (χ4v) is 1.84. The van der Waals surface area contributed by atoms with Crippen molar-refractivity contribution < 1.29 is 9.47 Å². The molecule has 0 aromatic rings. The lowest BCUT2D eigenvalue weighted by atomic mass is 9.78. The predicted molar refractivity (Wildman–Crippen MR) is 49.2 cm³/mol. The molecule has 0 amide bonds. The van der Waals surface area contributed by atoms with Crippen molar-refractivity contribution in [1.29, 1.82) is 0 Å². The number of hydrogen-bond donors (Lipinski definition) is 0. The molecule has 2 heteroatoms. The van der Waals surface area contributed by atoms with Gasteiger partial charge in [-0.1, -0.05) is 20.8 Å². The van der Waals surface area contributed by atoms with Crippen LogP contribution in [0.4, 0.5) is 0 Å². The summed E-state index contributed by atoms with van der Waals surface area (Å²) in [5.41, 5.74) is 0.234. The van der Waals surface area contributed by atoms with Gasteiger partial charge in [-0.3, -0.25) is 0 Å². The van der Waals surface area contributed by atoms with Crippen molar-refractivity contribution >= 4 is 0 Å². The Labute approximate surface area is 75.2 Å². The molecule has 1 spiro atoms.